The van der Waals surface area contributed by atoms with E-state index < -0.39 is 5.60 Å². The molecular weight excluding hydrogens is 216 g/mol. The molecule has 0 saturated heterocycles. The summed E-state index contributed by atoms with van der Waals surface area (Å²) < 4.78 is 5.23. The van der Waals surface area contributed by atoms with E-state index in [-0.39, 0.29) is 11.4 Å². The van der Waals surface area contributed by atoms with Gasteiger partial charge in [0.05, 0.1) is 12.2 Å². The summed E-state index contributed by atoms with van der Waals surface area (Å²) in [5.41, 5.74) is -0.258. The summed E-state index contributed by atoms with van der Waals surface area (Å²) in [7, 11) is 0. The minimum absolute atomic E-state index is 0.103. The van der Waals surface area contributed by atoms with Crippen molar-refractivity contribution in [2.75, 3.05) is 6.61 Å². The fourth-order valence-electron chi connectivity index (χ4n) is 2.60. The third kappa shape index (κ3) is 3.84. The van der Waals surface area contributed by atoms with Crippen molar-refractivity contribution < 1.29 is 14.6 Å². The van der Waals surface area contributed by atoms with E-state index in [1.807, 2.05) is 6.92 Å². The molecule has 1 N–H and O–H groups in total. The normalized spacial score (nSPS) is 33.2. The highest BCUT2D eigenvalue weighted by Gasteiger charge is 2.40. The zero-order valence-electron chi connectivity index (χ0n) is 11.2. The summed E-state index contributed by atoms with van der Waals surface area (Å²) >= 11 is 0. The molecule has 1 rings (SSSR count). The molecule has 0 spiro atoms. The second kappa shape index (κ2) is 5.21. The molecule has 1 aliphatic rings. The highest BCUT2D eigenvalue weighted by Crippen LogP contribution is 2.43. The Balaban J connectivity index is 2.56. The summed E-state index contributed by atoms with van der Waals surface area (Å²) in [6.45, 7) is 9.67. The minimum atomic E-state index is -0.581. The molecule has 0 amide bonds. The van der Waals surface area contributed by atoms with Crippen molar-refractivity contribution in [3.8, 4) is 0 Å². The van der Waals surface area contributed by atoms with Crippen LogP contribution in [0.3, 0.4) is 0 Å². The number of ether oxygens (including phenoxy) is 1. The Kier molecular flexibility index (Phi) is 4.36. The van der Waals surface area contributed by atoms with Crippen LogP contribution in [0.25, 0.3) is 0 Å². The van der Waals surface area contributed by atoms with Crippen LogP contribution in [-0.4, -0.2) is 23.3 Å². The molecule has 3 heteroatoms. The van der Waals surface area contributed by atoms with Gasteiger partial charge < -0.3 is 9.84 Å². The molecule has 0 radical (unpaired) electrons. The highest BCUT2D eigenvalue weighted by atomic mass is 16.5. The van der Waals surface area contributed by atoms with Crippen LogP contribution in [-0.2, 0) is 9.53 Å². The molecule has 2 atom stereocenters. The highest BCUT2D eigenvalue weighted by molar-refractivity contribution is 5.86. The van der Waals surface area contributed by atoms with Crippen molar-refractivity contribution in [3.63, 3.8) is 0 Å². The Labute approximate surface area is 104 Å². The lowest BCUT2D eigenvalue weighted by Crippen LogP contribution is -2.42. The predicted octanol–water partition coefficient (Wildman–Crippen LogP) is 2.83. The Hall–Kier alpha value is -0.830. The minimum Gasteiger partial charge on any atom is -0.462 e. The van der Waals surface area contributed by atoms with Crippen LogP contribution in [0.2, 0.25) is 0 Å². The number of rotatable bonds is 4. The molecule has 3 nitrogen and oxygen atoms in total. The quantitative estimate of drug-likeness (QED) is 0.607. The van der Waals surface area contributed by atoms with Gasteiger partial charge in [-0.1, -0.05) is 20.4 Å². The number of aliphatic hydroxyl groups is 1. The summed E-state index contributed by atoms with van der Waals surface area (Å²) in [5.74, 6) is -0.336. The number of hydrogen-bond acceptors (Lipinski definition) is 3. The number of carbonyl (C=O) groups is 1. The van der Waals surface area contributed by atoms with Gasteiger partial charge in [-0.2, -0.15) is 0 Å². The summed E-state index contributed by atoms with van der Waals surface area (Å²) in [4.78, 5) is 11.4. The molecule has 0 aromatic carbocycles. The molecule has 1 unspecified atom stereocenters. The number of esters is 1. The Morgan fingerprint density at radius 1 is 1.47 bits per heavy atom. The lowest BCUT2D eigenvalue weighted by Gasteiger charge is -2.42. The molecule has 0 bridgehead atoms. The third-order valence-corrected chi connectivity index (χ3v) is 3.74. The van der Waals surface area contributed by atoms with Crippen molar-refractivity contribution >= 4 is 5.97 Å². The first-order valence-electron chi connectivity index (χ1n) is 6.35. The molecule has 0 aromatic heterocycles. The molecule has 0 heterocycles. The SMILES string of the molecule is C=C(C)C(=O)OC[C@]1(C)CCCC(O)(CC)C1. The van der Waals surface area contributed by atoms with Gasteiger partial charge in [0.15, 0.2) is 0 Å². The summed E-state index contributed by atoms with van der Waals surface area (Å²) in [5, 5.41) is 10.3. The molecular formula is C14H24O3. The van der Waals surface area contributed by atoms with E-state index in [0.717, 1.165) is 25.7 Å². The Morgan fingerprint density at radius 2 is 2.12 bits per heavy atom. The van der Waals surface area contributed by atoms with E-state index >= 15 is 0 Å². The standard InChI is InChI=1S/C14H24O3/c1-5-14(16)8-6-7-13(4,9-14)10-17-12(15)11(2)3/h16H,2,5-10H2,1,3-4H3/t13-,14?/m1/s1. The van der Waals surface area contributed by atoms with Crippen LogP contribution < -0.4 is 0 Å². The van der Waals surface area contributed by atoms with Crippen LogP contribution in [0.5, 0.6) is 0 Å². The molecule has 1 saturated carbocycles. The first-order chi connectivity index (χ1) is 7.80. The largest absolute Gasteiger partial charge is 0.462 e. The van der Waals surface area contributed by atoms with Crippen LogP contribution in [0, 0.1) is 5.41 Å². The second-order valence-electron chi connectivity index (χ2n) is 5.78. The van der Waals surface area contributed by atoms with E-state index in [4.69, 9.17) is 4.74 Å². The maximum Gasteiger partial charge on any atom is 0.333 e. The molecule has 0 aromatic rings. The Bertz CT molecular complexity index is 311. The van der Waals surface area contributed by atoms with Gasteiger partial charge in [0.1, 0.15) is 0 Å². The lowest BCUT2D eigenvalue weighted by molar-refractivity contribution is -0.146. The van der Waals surface area contributed by atoms with Crippen molar-refractivity contribution in [1.29, 1.82) is 0 Å². The maximum atomic E-state index is 11.4. The van der Waals surface area contributed by atoms with E-state index in [1.54, 1.807) is 6.92 Å². The van der Waals surface area contributed by atoms with E-state index in [0.29, 0.717) is 18.6 Å². The average Bonchev–Trinajstić information content (AvgIpc) is 2.25. The van der Waals surface area contributed by atoms with Gasteiger partial charge in [0.2, 0.25) is 0 Å². The monoisotopic (exact) mass is 240 g/mol. The topological polar surface area (TPSA) is 46.5 Å². The molecule has 0 aliphatic heterocycles. The van der Waals surface area contributed by atoms with E-state index in [9.17, 15) is 9.90 Å². The van der Waals surface area contributed by atoms with Crippen molar-refractivity contribution in [1.82, 2.24) is 0 Å². The van der Waals surface area contributed by atoms with E-state index in [2.05, 4.69) is 13.5 Å². The summed E-state index contributed by atoms with van der Waals surface area (Å²) in [6.07, 6.45) is 4.31. The third-order valence-electron chi connectivity index (χ3n) is 3.74. The van der Waals surface area contributed by atoms with Gasteiger partial charge in [0.25, 0.3) is 0 Å². The fourth-order valence-corrected chi connectivity index (χ4v) is 2.60. The van der Waals surface area contributed by atoms with Crippen LogP contribution in [0.15, 0.2) is 12.2 Å². The fraction of sp³-hybridized carbons (Fsp3) is 0.786. The number of hydrogen-bond donors (Lipinski definition) is 1. The smallest absolute Gasteiger partial charge is 0.333 e. The van der Waals surface area contributed by atoms with Crippen LogP contribution >= 0.6 is 0 Å². The van der Waals surface area contributed by atoms with Crippen molar-refractivity contribution in [3.05, 3.63) is 12.2 Å². The van der Waals surface area contributed by atoms with Crippen molar-refractivity contribution in [2.45, 2.75) is 58.5 Å². The maximum absolute atomic E-state index is 11.4. The summed E-state index contributed by atoms with van der Waals surface area (Å²) in [6, 6.07) is 0. The zero-order chi connectivity index (χ0) is 13.1. The van der Waals surface area contributed by atoms with Crippen LogP contribution in [0.4, 0.5) is 0 Å². The van der Waals surface area contributed by atoms with Gasteiger partial charge >= 0.3 is 5.97 Å². The van der Waals surface area contributed by atoms with Gasteiger partial charge in [-0.25, -0.2) is 4.79 Å². The van der Waals surface area contributed by atoms with Gasteiger partial charge in [0, 0.05) is 11.0 Å². The lowest BCUT2D eigenvalue weighted by atomic mass is 9.68. The molecule has 1 aliphatic carbocycles. The van der Waals surface area contributed by atoms with Gasteiger partial charge in [-0.15, -0.1) is 0 Å². The average molecular weight is 240 g/mol. The number of carbonyl (C=O) groups excluding carboxylic acids is 1. The molecule has 98 valence electrons. The van der Waals surface area contributed by atoms with Crippen LogP contribution in [0.1, 0.15) is 52.9 Å². The Morgan fingerprint density at radius 3 is 2.65 bits per heavy atom. The van der Waals surface area contributed by atoms with Crippen molar-refractivity contribution in [2.24, 2.45) is 5.41 Å². The zero-order valence-corrected chi connectivity index (χ0v) is 11.2. The first kappa shape index (κ1) is 14.2. The van der Waals surface area contributed by atoms with E-state index in [1.165, 1.54) is 0 Å². The van der Waals surface area contributed by atoms with Gasteiger partial charge in [-0.3, -0.25) is 0 Å². The first-order valence-corrected chi connectivity index (χ1v) is 6.35. The second-order valence-corrected chi connectivity index (χ2v) is 5.78. The molecule has 1 fully saturated rings. The predicted molar refractivity (Wildman–Crippen MR) is 67.6 cm³/mol. The molecule has 17 heavy (non-hydrogen) atoms. The van der Waals surface area contributed by atoms with Gasteiger partial charge in [-0.05, 0) is 39.0 Å².